The van der Waals surface area contributed by atoms with E-state index in [0.29, 0.717) is 0 Å². The molecule has 1 saturated heterocycles. The van der Waals surface area contributed by atoms with Crippen molar-refractivity contribution in [2.24, 2.45) is 17.8 Å². The smallest absolute Gasteiger partial charge is 0.00923 e. The van der Waals surface area contributed by atoms with Crippen LogP contribution in [-0.4, -0.2) is 49.1 Å². The lowest BCUT2D eigenvalue weighted by atomic mass is 9.82. The third-order valence-corrected chi connectivity index (χ3v) is 6.54. The van der Waals surface area contributed by atoms with E-state index in [0.717, 1.165) is 23.8 Å². The van der Waals surface area contributed by atoms with Crippen LogP contribution in [0.25, 0.3) is 0 Å². The molecule has 2 aliphatic rings. The highest BCUT2D eigenvalue weighted by Gasteiger charge is 2.27. The molecule has 1 heterocycles. The number of nitrogens with zero attached hydrogens (tertiary/aromatic N) is 2. The quantitative estimate of drug-likeness (QED) is 0.722. The van der Waals surface area contributed by atoms with E-state index in [1.165, 1.54) is 71.1 Å². The molecule has 1 unspecified atom stereocenters. The molecule has 2 rings (SSSR count). The number of hydrogen-bond acceptors (Lipinski definition) is 2. The Morgan fingerprint density at radius 2 is 1.62 bits per heavy atom. The van der Waals surface area contributed by atoms with Gasteiger partial charge in [0.2, 0.25) is 0 Å². The van der Waals surface area contributed by atoms with Crippen LogP contribution < -0.4 is 0 Å². The fourth-order valence-corrected chi connectivity index (χ4v) is 4.43. The summed E-state index contributed by atoms with van der Waals surface area (Å²) in [5.41, 5.74) is 0. The maximum atomic E-state index is 2.77. The number of hydrogen-bond donors (Lipinski definition) is 0. The first kappa shape index (κ1) is 17.3. The van der Waals surface area contributed by atoms with Crippen LogP contribution in [0.3, 0.4) is 0 Å². The fraction of sp³-hybridized carbons (Fsp3) is 1.00. The van der Waals surface area contributed by atoms with E-state index in [2.05, 4.69) is 37.6 Å². The van der Waals surface area contributed by atoms with Gasteiger partial charge < -0.3 is 9.80 Å². The lowest BCUT2D eigenvalue weighted by Gasteiger charge is -2.39. The van der Waals surface area contributed by atoms with Gasteiger partial charge in [0, 0.05) is 12.6 Å². The second-order valence-corrected chi connectivity index (χ2v) is 7.77. The Morgan fingerprint density at radius 3 is 2.14 bits per heavy atom. The molecule has 0 aromatic carbocycles. The van der Waals surface area contributed by atoms with Crippen LogP contribution in [0.4, 0.5) is 0 Å². The first-order valence-corrected chi connectivity index (χ1v) is 9.56. The van der Waals surface area contributed by atoms with Gasteiger partial charge in [-0.25, -0.2) is 0 Å². The van der Waals surface area contributed by atoms with Crippen molar-refractivity contribution < 1.29 is 0 Å². The molecule has 0 aromatic rings. The zero-order chi connectivity index (χ0) is 15.2. The predicted molar refractivity (Wildman–Crippen MR) is 92.7 cm³/mol. The Balaban J connectivity index is 1.66. The molecule has 2 fully saturated rings. The molecule has 21 heavy (non-hydrogen) atoms. The van der Waals surface area contributed by atoms with Crippen LogP contribution in [0.1, 0.15) is 65.7 Å². The lowest BCUT2D eigenvalue weighted by molar-refractivity contribution is 0.106. The van der Waals surface area contributed by atoms with E-state index in [4.69, 9.17) is 0 Å². The van der Waals surface area contributed by atoms with Gasteiger partial charge in [-0.05, 0) is 83.0 Å². The predicted octanol–water partition coefficient (Wildman–Crippen LogP) is 4.26. The van der Waals surface area contributed by atoms with Crippen LogP contribution in [0.5, 0.6) is 0 Å². The minimum absolute atomic E-state index is 0.863. The van der Waals surface area contributed by atoms with E-state index in [1.54, 1.807) is 0 Å². The second-order valence-electron chi connectivity index (χ2n) is 7.77. The average molecular weight is 295 g/mol. The van der Waals surface area contributed by atoms with E-state index >= 15 is 0 Å². The Labute approximate surface area is 133 Å². The van der Waals surface area contributed by atoms with Gasteiger partial charge in [-0.3, -0.25) is 0 Å². The molecule has 2 heteroatoms. The Kier molecular flexibility index (Phi) is 7.01. The summed E-state index contributed by atoms with van der Waals surface area (Å²) in [7, 11) is 2.30. The lowest BCUT2D eigenvalue weighted by Crippen LogP contribution is -2.41. The SMILES string of the molecule is CCC(C)C1CCN(CC2CCC(N(C)CC)CC2)CC1. The van der Waals surface area contributed by atoms with Crippen LogP contribution in [0.15, 0.2) is 0 Å². The number of likely N-dealkylation sites (tertiary alicyclic amines) is 1. The van der Waals surface area contributed by atoms with Crippen molar-refractivity contribution in [3.8, 4) is 0 Å². The van der Waals surface area contributed by atoms with Crippen LogP contribution in [0, 0.1) is 17.8 Å². The fourth-order valence-electron chi connectivity index (χ4n) is 4.43. The van der Waals surface area contributed by atoms with Gasteiger partial charge in [-0.15, -0.1) is 0 Å². The standard InChI is InChI=1S/C19H38N2/c1-5-16(3)18-11-13-21(14-12-18)15-17-7-9-19(10-8-17)20(4)6-2/h16-19H,5-15H2,1-4H3. The minimum Gasteiger partial charge on any atom is -0.304 e. The third kappa shape index (κ3) is 4.96. The topological polar surface area (TPSA) is 6.48 Å². The Hall–Kier alpha value is -0.0800. The average Bonchev–Trinajstić information content (AvgIpc) is 2.55. The van der Waals surface area contributed by atoms with E-state index in [9.17, 15) is 0 Å². The summed E-state index contributed by atoms with van der Waals surface area (Å²) in [6, 6.07) is 0.863. The highest BCUT2D eigenvalue weighted by atomic mass is 15.1. The van der Waals surface area contributed by atoms with Crippen molar-refractivity contribution in [2.75, 3.05) is 33.2 Å². The van der Waals surface area contributed by atoms with Gasteiger partial charge in [-0.1, -0.05) is 27.2 Å². The molecule has 0 amide bonds. The molecule has 0 spiro atoms. The van der Waals surface area contributed by atoms with Gasteiger partial charge in [0.25, 0.3) is 0 Å². The molecule has 2 nitrogen and oxygen atoms in total. The van der Waals surface area contributed by atoms with Crippen LogP contribution in [0.2, 0.25) is 0 Å². The highest BCUT2D eigenvalue weighted by molar-refractivity contribution is 4.82. The maximum Gasteiger partial charge on any atom is 0.00923 e. The summed E-state index contributed by atoms with van der Waals surface area (Å²) in [4.78, 5) is 5.32. The Bertz CT molecular complexity index is 247. The molecule has 1 saturated carbocycles. The van der Waals surface area contributed by atoms with Crippen LogP contribution >= 0.6 is 0 Å². The molecule has 1 aliphatic heterocycles. The largest absolute Gasteiger partial charge is 0.304 e. The van der Waals surface area contributed by atoms with Crippen molar-refractivity contribution in [1.82, 2.24) is 9.80 Å². The minimum atomic E-state index is 0.863. The monoisotopic (exact) mass is 294 g/mol. The molecule has 1 atom stereocenters. The molecule has 124 valence electrons. The molecular weight excluding hydrogens is 256 g/mol. The van der Waals surface area contributed by atoms with E-state index < -0.39 is 0 Å². The molecule has 0 N–H and O–H groups in total. The molecular formula is C19H38N2. The first-order valence-electron chi connectivity index (χ1n) is 9.56. The van der Waals surface area contributed by atoms with Gasteiger partial charge in [0.1, 0.15) is 0 Å². The van der Waals surface area contributed by atoms with E-state index in [1.807, 2.05) is 0 Å². The van der Waals surface area contributed by atoms with Gasteiger partial charge in [-0.2, -0.15) is 0 Å². The highest BCUT2D eigenvalue weighted by Crippen LogP contribution is 2.31. The summed E-state index contributed by atoms with van der Waals surface area (Å²) in [5.74, 6) is 2.92. The van der Waals surface area contributed by atoms with Crippen molar-refractivity contribution in [3.63, 3.8) is 0 Å². The molecule has 0 aromatic heterocycles. The van der Waals surface area contributed by atoms with Crippen molar-refractivity contribution >= 4 is 0 Å². The van der Waals surface area contributed by atoms with Crippen molar-refractivity contribution in [2.45, 2.75) is 71.8 Å². The van der Waals surface area contributed by atoms with Gasteiger partial charge >= 0.3 is 0 Å². The zero-order valence-corrected chi connectivity index (χ0v) is 15.0. The molecule has 1 aliphatic carbocycles. The summed E-state index contributed by atoms with van der Waals surface area (Å²) < 4.78 is 0. The number of rotatable bonds is 6. The molecule has 0 bridgehead atoms. The third-order valence-electron chi connectivity index (χ3n) is 6.54. The zero-order valence-electron chi connectivity index (χ0n) is 15.0. The van der Waals surface area contributed by atoms with Crippen LogP contribution in [-0.2, 0) is 0 Å². The van der Waals surface area contributed by atoms with E-state index in [-0.39, 0.29) is 0 Å². The Morgan fingerprint density at radius 1 is 1.00 bits per heavy atom. The first-order chi connectivity index (χ1) is 10.1. The normalized spacial score (nSPS) is 30.7. The van der Waals surface area contributed by atoms with Gasteiger partial charge in [0.05, 0.1) is 0 Å². The summed E-state index contributed by atoms with van der Waals surface area (Å²) >= 11 is 0. The summed E-state index contributed by atoms with van der Waals surface area (Å²) in [6.07, 6.45) is 10.0. The second kappa shape index (κ2) is 8.53. The van der Waals surface area contributed by atoms with Gasteiger partial charge in [0.15, 0.2) is 0 Å². The number of piperidine rings is 1. The van der Waals surface area contributed by atoms with Crippen molar-refractivity contribution in [3.05, 3.63) is 0 Å². The summed E-state index contributed by atoms with van der Waals surface area (Å²) in [5, 5.41) is 0. The maximum absolute atomic E-state index is 2.77. The molecule has 0 radical (unpaired) electrons. The van der Waals surface area contributed by atoms with Crippen molar-refractivity contribution in [1.29, 1.82) is 0 Å². The summed E-state index contributed by atoms with van der Waals surface area (Å²) in [6.45, 7) is 12.4.